The fraction of sp³-hybridized carbons (Fsp3) is 0.733. The largest absolute Gasteiger partial charge is 0.381 e. The van der Waals surface area contributed by atoms with E-state index in [0.717, 1.165) is 51.1 Å². The maximum atomic E-state index is 12.3. The van der Waals surface area contributed by atoms with E-state index in [9.17, 15) is 4.79 Å². The third-order valence-corrected chi connectivity index (χ3v) is 5.20. The first kappa shape index (κ1) is 12.4. The highest BCUT2D eigenvalue weighted by Crippen LogP contribution is 2.48. The minimum Gasteiger partial charge on any atom is -0.381 e. The average Bonchev–Trinajstić information content (AvgIpc) is 3.21. The van der Waals surface area contributed by atoms with E-state index in [4.69, 9.17) is 9.26 Å². The molecule has 108 valence electrons. The summed E-state index contributed by atoms with van der Waals surface area (Å²) < 4.78 is 10.7. The Hall–Kier alpha value is -1.36. The number of aromatic nitrogens is 1. The summed E-state index contributed by atoms with van der Waals surface area (Å²) in [5, 5.41) is 7.06. The molecular formula is C15H20N2O3. The van der Waals surface area contributed by atoms with Crippen LogP contribution in [0, 0.1) is 5.41 Å². The predicted octanol–water partition coefficient (Wildman–Crippen LogP) is 2.24. The quantitative estimate of drug-likeness (QED) is 0.919. The SMILES string of the molecule is O=C(NC1CCC12CCOCC2)c1cc(C2CC2)on1. The molecule has 1 aliphatic heterocycles. The van der Waals surface area contributed by atoms with Crippen molar-refractivity contribution < 1.29 is 14.1 Å². The van der Waals surface area contributed by atoms with Gasteiger partial charge in [-0.05, 0) is 43.9 Å². The van der Waals surface area contributed by atoms with Gasteiger partial charge in [0.1, 0.15) is 5.76 Å². The van der Waals surface area contributed by atoms with Gasteiger partial charge in [0.05, 0.1) is 0 Å². The van der Waals surface area contributed by atoms with E-state index in [2.05, 4.69) is 10.5 Å². The summed E-state index contributed by atoms with van der Waals surface area (Å²) in [5.41, 5.74) is 0.706. The Balaban J connectivity index is 1.41. The molecule has 1 atom stereocenters. The van der Waals surface area contributed by atoms with Gasteiger partial charge in [-0.15, -0.1) is 0 Å². The molecule has 0 bridgehead atoms. The predicted molar refractivity (Wildman–Crippen MR) is 71.5 cm³/mol. The summed E-state index contributed by atoms with van der Waals surface area (Å²) >= 11 is 0. The highest BCUT2D eigenvalue weighted by atomic mass is 16.5. The van der Waals surface area contributed by atoms with Crippen LogP contribution in [-0.2, 0) is 4.74 Å². The molecule has 2 aliphatic carbocycles. The van der Waals surface area contributed by atoms with E-state index in [1.807, 2.05) is 6.07 Å². The summed E-state index contributed by atoms with van der Waals surface area (Å²) in [5.74, 6) is 1.27. The van der Waals surface area contributed by atoms with Crippen LogP contribution in [0.4, 0.5) is 0 Å². The van der Waals surface area contributed by atoms with Crippen molar-refractivity contribution in [1.82, 2.24) is 10.5 Å². The lowest BCUT2D eigenvalue weighted by Crippen LogP contribution is -2.57. The third-order valence-electron chi connectivity index (χ3n) is 5.20. The zero-order valence-corrected chi connectivity index (χ0v) is 11.6. The van der Waals surface area contributed by atoms with Gasteiger partial charge in [-0.25, -0.2) is 0 Å². The number of hydrogen-bond donors (Lipinski definition) is 1. The molecule has 1 spiro atoms. The molecule has 1 saturated heterocycles. The average molecular weight is 276 g/mol. The molecule has 2 heterocycles. The number of amides is 1. The molecule has 20 heavy (non-hydrogen) atoms. The van der Waals surface area contributed by atoms with Crippen molar-refractivity contribution in [3.63, 3.8) is 0 Å². The number of hydrogen-bond acceptors (Lipinski definition) is 4. The van der Waals surface area contributed by atoms with Gasteiger partial charge in [0.2, 0.25) is 0 Å². The molecule has 3 fully saturated rings. The van der Waals surface area contributed by atoms with Gasteiger partial charge in [-0.1, -0.05) is 5.16 Å². The molecule has 1 aromatic rings. The van der Waals surface area contributed by atoms with Crippen molar-refractivity contribution in [3.05, 3.63) is 17.5 Å². The number of carbonyl (C=O) groups excluding carboxylic acids is 1. The second-order valence-corrected chi connectivity index (χ2v) is 6.43. The Kier molecular flexibility index (Phi) is 2.84. The standard InChI is InChI=1S/C15H20N2O3/c18-14(11-9-12(20-17-11)10-1-2-10)16-13-3-4-15(13)5-7-19-8-6-15/h9-10,13H,1-8H2,(H,16,18). The van der Waals surface area contributed by atoms with Crippen LogP contribution in [0.15, 0.2) is 10.6 Å². The molecule has 0 radical (unpaired) electrons. The van der Waals surface area contributed by atoms with Crippen molar-refractivity contribution in [2.24, 2.45) is 5.41 Å². The van der Waals surface area contributed by atoms with Crippen LogP contribution in [-0.4, -0.2) is 30.3 Å². The fourth-order valence-corrected chi connectivity index (χ4v) is 3.49. The van der Waals surface area contributed by atoms with Gasteiger partial charge in [-0.3, -0.25) is 4.79 Å². The first-order chi connectivity index (χ1) is 9.77. The smallest absolute Gasteiger partial charge is 0.273 e. The minimum absolute atomic E-state index is 0.0868. The van der Waals surface area contributed by atoms with Gasteiger partial charge >= 0.3 is 0 Å². The van der Waals surface area contributed by atoms with Crippen LogP contribution < -0.4 is 5.32 Å². The first-order valence-corrected chi connectivity index (χ1v) is 7.62. The second kappa shape index (κ2) is 4.58. The molecule has 1 amide bonds. The molecule has 5 heteroatoms. The zero-order valence-electron chi connectivity index (χ0n) is 11.6. The summed E-state index contributed by atoms with van der Waals surface area (Å²) in [6.07, 6.45) is 6.70. The number of carbonyl (C=O) groups is 1. The van der Waals surface area contributed by atoms with E-state index < -0.39 is 0 Å². The molecule has 5 nitrogen and oxygen atoms in total. The van der Waals surface area contributed by atoms with Crippen molar-refractivity contribution in [2.45, 2.75) is 50.5 Å². The highest BCUT2D eigenvalue weighted by Gasteiger charge is 2.48. The van der Waals surface area contributed by atoms with Crippen LogP contribution >= 0.6 is 0 Å². The topological polar surface area (TPSA) is 64.4 Å². The van der Waals surface area contributed by atoms with Gasteiger partial charge in [-0.2, -0.15) is 0 Å². The lowest BCUT2D eigenvalue weighted by Gasteiger charge is -2.51. The molecular weight excluding hydrogens is 256 g/mol. The Labute approximate surface area is 118 Å². The molecule has 0 aromatic carbocycles. The highest BCUT2D eigenvalue weighted by molar-refractivity contribution is 5.92. The lowest BCUT2D eigenvalue weighted by molar-refractivity contribution is -0.0523. The van der Waals surface area contributed by atoms with Gasteiger partial charge in [0.25, 0.3) is 5.91 Å². The second-order valence-electron chi connectivity index (χ2n) is 6.43. The minimum atomic E-state index is -0.0868. The molecule has 3 aliphatic rings. The van der Waals surface area contributed by atoms with Gasteiger partial charge < -0.3 is 14.6 Å². The summed E-state index contributed by atoms with van der Waals surface area (Å²) in [6, 6.07) is 2.09. The van der Waals surface area contributed by atoms with Crippen molar-refractivity contribution in [2.75, 3.05) is 13.2 Å². The first-order valence-electron chi connectivity index (χ1n) is 7.62. The molecule has 4 rings (SSSR count). The third kappa shape index (κ3) is 2.04. The monoisotopic (exact) mass is 276 g/mol. The van der Waals surface area contributed by atoms with E-state index in [1.165, 1.54) is 6.42 Å². The van der Waals surface area contributed by atoms with Gasteiger partial charge in [0.15, 0.2) is 5.69 Å². The van der Waals surface area contributed by atoms with E-state index in [1.54, 1.807) is 0 Å². The Morgan fingerprint density at radius 2 is 2.05 bits per heavy atom. The molecule has 1 N–H and O–H groups in total. The lowest BCUT2D eigenvalue weighted by atomic mass is 9.60. The Morgan fingerprint density at radius 1 is 1.25 bits per heavy atom. The summed E-state index contributed by atoms with van der Waals surface area (Å²) in [7, 11) is 0. The van der Waals surface area contributed by atoms with E-state index in [-0.39, 0.29) is 17.4 Å². The maximum absolute atomic E-state index is 12.3. The Morgan fingerprint density at radius 3 is 2.70 bits per heavy atom. The summed E-state index contributed by atoms with van der Waals surface area (Å²) in [6.45, 7) is 1.64. The maximum Gasteiger partial charge on any atom is 0.273 e. The molecule has 1 aromatic heterocycles. The number of nitrogens with zero attached hydrogens (tertiary/aromatic N) is 1. The normalized spacial score (nSPS) is 28.1. The summed E-state index contributed by atoms with van der Waals surface area (Å²) in [4.78, 5) is 12.3. The van der Waals surface area contributed by atoms with E-state index >= 15 is 0 Å². The number of nitrogens with one attached hydrogen (secondary N) is 1. The molecule has 1 unspecified atom stereocenters. The van der Waals surface area contributed by atoms with Crippen LogP contribution in [0.2, 0.25) is 0 Å². The van der Waals surface area contributed by atoms with Crippen molar-refractivity contribution in [3.8, 4) is 0 Å². The Bertz CT molecular complexity index is 515. The zero-order chi connectivity index (χ0) is 13.6. The van der Waals surface area contributed by atoms with E-state index in [0.29, 0.717) is 11.6 Å². The van der Waals surface area contributed by atoms with Crippen molar-refractivity contribution in [1.29, 1.82) is 0 Å². The van der Waals surface area contributed by atoms with Crippen molar-refractivity contribution >= 4 is 5.91 Å². The van der Waals surface area contributed by atoms with Crippen LogP contribution in [0.25, 0.3) is 0 Å². The fourth-order valence-electron chi connectivity index (χ4n) is 3.49. The number of ether oxygens (including phenoxy) is 1. The number of rotatable bonds is 3. The molecule has 2 saturated carbocycles. The van der Waals surface area contributed by atoms with Gasteiger partial charge in [0, 0.05) is 31.2 Å². The van der Waals surface area contributed by atoms with Crippen LogP contribution in [0.1, 0.15) is 60.7 Å². The van der Waals surface area contributed by atoms with Crippen LogP contribution in [0.5, 0.6) is 0 Å². The van der Waals surface area contributed by atoms with Crippen LogP contribution in [0.3, 0.4) is 0 Å².